The van der Waals surface area contributed by atoms with E-state index in [-0.39, 0.29) is 6.03 Å². The number of carbonyl (C=O) groups is 1. The van der Waals surface area contributed by atoms with Gasteiger partial charge in [-0.15, -0.1) is 6.58 Å². The van der Waals surface area contributed by atoms with E-state index in [9.17, 15) is 4.79 Å². The molecule has 1 aromatic heterocycles. The van der Waals surface area contributed by atoms with Crippen molar-refractivity contribution in [2.45, 2.75) is 5.16 Å². The Hall–Kier alpha value is -1.57. The van der Waals surface area contributed by atoms with Crippen molar-refractivity contribution >= 4 is 51.7 Å². The Kier molecular flexibility index (Phi) is 5.40. The molecule has 2 aromatic rings. The van der Waals surface area contributed by atoms with Gasteiger partial charge in [-0.05, 0) is 18.2 Å². The Morgan fingerprint density at radius 2 is 2.35 bits per heavy atom. The highest BCUT2D eigenvalue weighted by atomic mass is 35.5. The first-order chi connectivity index (χ1) is 9.67. The number of rotatable bonds is 5. The van der Waals surface area contributed by atoms with Crippen molar-refractivity contribution in [2.24, 2.45) is 0 Å². The molecule has 0 aliphatic rings. The maximum atomic E-state index is 11.8. The van der Waals surface area contributed by atoms with Crippen LogP contribution in [0.15, 0.2) is 42.1 Å². The second kappa shape index (κ2) is 7.28. The maximum absolute atomic E-state index is 11.8. The quantitative estimate of drug-likeness (QED) is 0.641. The average Bonchev–Trinajstić information content (AvgIpc) is 2.83. The summed E-state index contributed by atoms with van der Waals surface area (Å²) in [5, 5.41) is 6.90. The van der Waals surface area contributed by atoms with Gasteiger partial charge in [0.25, 0.3) is 0 Å². The summed E-state index contributed by atoms with van der Waals surface area (Å²) in [6, 6.07) is 6.51. The SMILES string of the molecule is C=CCSc1nsc(NC(=O)Nc2cccc(Cl)c2)n1. The van der Waals surface area contributed by atoms with Crippen LogP contribution in [0.3, 0.4) is 0 Å². The minimum atomic E-state index is -0.385. The van der Waals surface area contributed by atoms with Gasteiger partial charge in [-0.3, -0.25) is 5.32 Å². The highest BCUT2D eigenvalue weighted by Gasteiger charge is 2.08. The van der Waals surface area contributed by atoms with Crippen LogP contribution < -0.4 is 10.6 Å². The third kappa shape index (κ3) is 4.52. The molecule has 2 N–H and O–H groups in total. The Morgan fingerprint density at radius 3 is 3.10 bits per heavy atom. The minimum absolute atomic E-state index is 0.385. The number of anilines is 2. The third-order valence-corrected chi connectivity index (χ3v) is 3.86. The molecule has 0 atom stereocenters. The summed E-state index contributed by atoms with van der Waals surface area (Å²) in [4.78, 5) is 15.9. The van der Waals surface area contributed by atoms with Crippen LogP contribution >= 0.6 is 34.9 Å². The minimum Gasteiger partial charge on any atom is -0.308 e. The summed E-state index contributed by atoms with van der Waals surface area (Å²) in [6.45, 7) is 3.62. The van der Waals surface area contributed by atoms with Gasteiger partial charge in [0.1, 0.15) is 0 Å². The van der Waals surface area contributed by atoms with E-state index in [0.717, 1.165) is 17.3 Å². The number of hydrogen-bond donors (Lipinski definition) is 2. The number of benzene rings is 1. The van der Waals surface area contributed by atoms with E-state index in [2.05, 4.69) is 26.6 Å². The topological polar surface area (TPSA) is 66.9 Å². The molecular formula is C12H11ClN4OS2. The number of carbonyl (C=O) groups excluding carboxylic acids is 1. The molecule has 0 aliphatic heterocycles. The predicted octanol–water partition coefficient (Wildman–Crippen LogP) is 4.11. The second-order valence-electron chi connectivity index (χ2n) is 3.57. The zero-order valence-electron chi connectivity index (χ0n) is 10.3. The van der Waals surface area contributed by atoms with Crippen molar-refractivity contribution in [3.05, 3.63) is 41.9 Å². The van der Waals surface area contributed by atoms with E-state index in [1.54, 1.807) is 30.3 Å². The Labute approximate surface area is 129 Å². The van der Waals surface area contributed by atoms with Crippen LogP contribution in [0.25, 0.3) is 0 Å². The maximum Gasteiger partial charge on any atom is 0.325 e. The molecule has 0 unspecified atom stereocenters. The molecule has 5 nitrogen and oxygen atoms in total. The molecule has 104 valence electrons. The first kappa shape index (κ1) is 14.8. The molecule has 0 aliphatic carbocycles. The molecule has 0 bridgehead atoms. The van der Waals surface area contributed by atoms with Crippen LogP contribution in [0.4, 0.5) is 15.6 Å². The van der Waals surface area contributed by atoms with Crippen molar-refractivity contribution in [1.82, 2.24) is 9.36 Å². The van der Waals surface area contributed by atoms with Crippen LogP contribution in [0.2, 0.25) is 5.02 Å². The largest absolute Gasteiger partial charge is 0.325 e. The lowest BCUT2D eigenvalue weighted by atomic mass is 10.3. The fraction of sp³-hybridized carbons (Fsp3) is 0.0833. The molecular weight excluding hydrogens is 316 g/mol. The Morgan fingerprint density at radius 1 is 1.50 bits per heavy atom. The van der Waals surface area contributed by atoms with E-state index in [1.807, 2.05) is 0 Å². The molecule has 0 radical (unpaired) electrons. The third-order valence-electron chi connectivity index (χ3n) is 2.04. The van der Waals surface area contributed by atoms with Crippen molar-refractivity contribution < 1.29 is 4.79 Å². The Bertz CT molecular complexity index is 617. The number of aromatic nitrogens is 2. The van der Waals surface area contributed by atoms with Crippen LogP contribution in [0.1, 0.15) is 0 Å². The molecule has 8 heteroatoms. The molecule has 0 saturated carbocycles. The van der Waals surface area contributed by atoms with E-state index in [0.29, 0.717) is 21.0 Å². The summed E-state index contributed by atoms with van der Waals surface area (Å²) in [7, 11) is 0. The van der Waals surface area contributed by atoms with E-state index >= 15 is 0 Å². The second-order valence-corrected chi connectivity index (χ2v) is 5.75. The number of urea groups is 1. The predicted molar refractivity (Wildman–Crippen MR) is 84.9 cm³/mol. The molecule has 2 rings (SSSR count). The monoisotopic (exact) mass is 326 g/mol. The zero-order chi connectivity index (χ0) is 14.4. The van der Waals surface area contributed by atoms with Crippen molar-refractivity contribution in [2.75, 3.05) is 16.4 Å². The summed E-state index contributed by atoms with van der Waals surface area (Å²) in [5.74, 6) is 0.727. The van der Waals surface area contributed by atoms with Gasteiger partial charge < -0.3 is 5.32 Å². The van der Waals surface area contributed by atoms with Crippen molar-refractivity contribution in [3.63, 3.8) is 0 Å². The number of nitrogens with one attached hydrogen (secondary N) is 2. The van der Waals surface area contributed by atoms with E-state index < -0.39 is 0 Å². The van der Waals surface area contributed by atoms with E-state index in [1.165, 1.54) is 11.8 Å². The van der Waals surface area contributed by atoms with E-state index in [4.69, 9.17) is 11.6 Å². The molecule has 1 heterocycles. The molecule has 2 amide bonds. The smallest absolute Gasteiger partial charge is 0.308 e. The fourth-order valence-corrected chi connectivity index (χ4v) is 2.74. The van der Waals surface area contributed by atoms with Gasteiger partial charge in [0.2, 0.25) is 10.3 Å². The lowest BCUT2D eigenvalue weighted by Gasteiger charge is -2.04. The molecule has 0 spiro atoms. The molecule has 20 heavy (non-hydrogen) atoms. The number of thioether (sulfide) groups is 1. The standard InChI is InChI=1S/C12H11ClN4OS2/c1-2-6-19-12-16-11(20-17-12)15-10(18)14-9-5-3-4-8(13)7-9/h2-5,7H,1,6H2,(H2,14,15,16,17,18). The fourth-order valence-electron chi connectivity index (χ4n) is 1.28. The first-order valence-corrected chi connectivity index (χ1v) is 7.72. The lowest BCUT2D eigenvalue weighted by molar-refractivity contribution is 0.262. The summed E-state index contributed by atoms with van der Waals surface area (Å²) >= 11 is 8.42. The lowest BCUT2D eigenvalue weighted by Crippen LogP contribution is -2.19. The summed E-state index contributed by atoms with van der Waals surface area (Å²) in [6.07, 6.45) is 1.77. The van der Waals surface area contributed by atoms with Gasteiger partial charge in [0, 0.05) is 28.0 Å². The van der Waals surface area contributed by atoms with Gasteiger partial charge in [-0.1, -0.05) is 35.5 Å². The Balaban J connectivity index is 1.91. The number of hydrogen-bond acceptors (Lipinski definition) is 5. The van der Waals surface area contributed by atoms with Gasteiger partial charge >= 0.3 is 6.03 Å². The van der Waals surface area contributed by atoms with Gasteiger partial charge in [-0.25, -0.2) is 4.79 Å². The summed E-state index contributed by atoms with van der Waals surface area (Å²) < 4.78 is 4.11. The average molecular weight is 327 g/mol. The highest BCUT2D eigenvalue weighted by Crippen LogP contribution is 2.20. The first-order valence-electron chi connectivity index (χ1n) is 5.58. The van der Waals surface area contributed by atoms with Crippen molar-refractivity contribution in [3.8, 4) is 0 Å². The molecule has 0 saturated heterocycles. The molecule has 0 fully saturated rings. The van der Waals surface area contributed by atoms with Gasteiger partial charge in [-0.2, -0.15) is 9.36 Å². The highest BCUT2D eigenvalue weighted by molar-refractivity contribution is 7.99. The number of halogens is 1. The summed E-state index contributed by atoms with van der Waals surface area (Å²) in [5.41, 5.74) is 0.612. The van der Waals surface area contributed by atoms with Crippen molar-refractivity contribution in [1.29, 1.82) is 0 Å². The number of amides is 2. The van der Waals surface area contributed by atoms with Crippen LogP contribution in [0, 0.1) is 0 Å². The number of nitrogens with zero attached hydrogens (tertiary/aromatic N) is 2. The van der Waals surface area contributed by atoms with Gasteiger partial charge in [0.15, 0.2) is 0 Å². The van der Waals surface area contributed by atoms with Crippen LogP contribution in [0.5, 0.6) is 0 Å². The zero-order valence-corrected chi connectivity index (χ0v) is 12.7. The molecule has 1 aromatic carbocycles. The normalized spacial score (nSPS) is 10.1. The van der Waals surface area contributed by atoms with Crippen LogP contribution in [-0.2, 0) is 0 Å². The van der Waals surface area contributed by atoms with Crippen LogP contribution in [-0.4, -0.2) is 21.1 Å². The van der Waals surface area contributed by atoms with Gasteiger partial charge in [0.05, 0.1) is 0 Å².